The Hall–Kier alpha value is -1.54. The SMILES string of the molecule is CCCCNC(=O)OCCN(CCOC(=O)NCCCC)CC(N)C1CCCCC1. The molecule has 0 aliphatic heterocycles. The van der Waals surface area contributed by atoms with E-state index in [0.717, 1.165) is 25.7 Å². The van der Waals surface area contributed by atoms with Crippen LogP contribution in [0.5, 0.6) is 0 Å². The molecule has 1 saturated carbocycles. The van der Waals surface area contributed by atoms with Crippen LogP contribution in [0.3, 0.4) is 0 Å². The number of rotatable bonds is 15. The van der Waals surface area contributed by atoms with Gasteiger partial charge < -0.3 is 25.8 Å². The molecule has 4 N–H and O–H groups in total. The number of carbonyl (C=O) groups is 2. The maximum Gasteiger partial charge on any atom is 0.407 e. The van der Waals surface area contributed by atoms with Gasteiger partial charge >= 0.3 is 12.2 Å². The van der Waals surface area contributed by atoms with Gasteiger partial charge in [0, 0.05) is 38.8 Å². The van der Waals surface area contributed by atoms with E-state index in [9.17, 15) is 9.59 Å². The standard InChI is InChI=1S/C22H44N4O4/c1-3-5-12-24-21(27)29-16-14-26(15-17-30-22(28)25-13-6-4-2)18-20(23)19-10-8-7-9-11-19/h19-20H,3-18,23H2,1-2H3,(H,24,27)(H,25,28). The number of nitrogens with zero attached hydrogens (tertiary/aromatic N) is 1. The third kappa shape index (κ3) is 12.9. The highest BCUT2D eigenvalue weighted by molar-refractivity contribution is 5.67. The van der Waals surface area contributed by atoms with Gasteiger partial charge in [-0.15, -0.1) is 0 Å². The fourth-order valence-corrected chi connectivity index (χ4v) is 3.68. The van der Waals surface area contributed by atoms with E-state index in [0.29, 0.717) is 38.6 Å². The molecule has 1 aliphatic carbocycles. The van der Waals surface area contributed by atoms with Gasteiger partial charge in [-0.1, -0.05) is 46.0 Å². The third-order valence-corrected chi connectivity index (χ3v) is 5.61. The molecule has 1 unspecified atom stereocenters. The van der Waals surface area contributed by atoms with E-state index in [4.69, 9.17) is 15.2 Å². The quantitative estimate of drug-likeness (QED) is 0.346. The summed E-state index contributed by atoms with van der Waals surface area (Å²) in [4.78, 5) is 25.6. The largest absolute Gasteiger partial charge is 0.448 e. The molecule has 1 rings (SSSR count). The Morgan fingerprint density at radius 3 is 1.90 bits per heavy atom. The van der Waals surface area contributed by atoms with Gasteiger partial charge in [-0.25, -0.2) is 9.59 Å². The molecule has 0 aromatic rings. The highest BCUT2D eigenvalue weighted by Gasteiger charge is 2.23. The van der Waals surface area contributed by atoms with E-state index in [1.807, 2.05) is 0 Å². The van der Waals surface area contributed by atoms with Crippen molar-refractivity contribution < 1.29 is 19.1 Å². The fraction of sp³-hybridized carbons (Fsp3) is 0.909. The summed E-state index contributed by atoms with van der Waals surface area (Å²) in [5, 5.41) is 5.50. The van der Waals surface area contributed by atoms with Gasteiger partial charge in [-0.05, 0) is 31.6 Å². The lowest BCUT2D eigenvalue weighted by atomic mass is 9.84. The number of hydrogen-bond acceptors (Lipinski definition) is 6. The first-order chi connectivity index (χ1) is 14.6. The number of hydrogen-bond donors (Lipinski definition) is 3. The molecule has 0 saturated heterocycles. The lowest BCUT2D eigenvalue weighted by Crippen LogP contribution is -2.45. The van der Waals surface area contributed by atoms with Crippen molar-refractivity contribution in [1.82, 2.24) is 15.5 Å². The van der Waals surface area contributed by atoms with Gasteiger partial charge in [0.25, 0.3) is 0 Å². The molecule has 8 heteroatoms. The molecule has 1 fully saturated rings. The predicted octanol–water partition coefficient (Wildman–Crippen LogP) is 3.25. The number of nitrogens with two attached hydrogens (primary N) is 1. The number of alkyl carbamates (subject to hydrolysis) is 2. The number of ether oxygens (including phenoxy) is 2. The first-order valence-corrected chi connectivity index (χ1v) is 11.9. The van der Waals surface area contributed by atoms with Crippen molar-refractivity contribution in [2.24, 2.45) is 11.7 Å². The summed E-state index contributed by atoms with van der Waals surface area (Å²) in [5.74, 6) is 0.540. The average molecular weight is 429 g/mol. The highest BCUT2D eigenvalue weighted by Crippen LogP contribution is 2.25. The second kappa shape index (κ2) is 17.2. The van der Waals surface area contributed by atoms with Crippen molar-refractivity contribution >= 4 is 12.2 Å². The van der Waals surface area contributed by atoms with Crippen LogP contribution >= 0.6 is 0 Å². The summed E-state index contributed by atoms with van der Waals surface area (Å²) in [6.45, 7) is 7.85. The van der Waals surface area contributed by atoms with E-state index in [-0.39, 0.29) is 31.4 Å². The van der Waals surface area contributed by atoms with Crippen molar-refractivity contribution in [1.29, 1.82) is 0 Å². The molecule has 0 radical (unpaired) electrons. The molecular formula is C22H44N4O4. The maximum absolute atomic E-state index is 11.7. The van der Waals surface area contributed by atoms with Crippen LogP contribution in [0.1, 0.15) is 71.6 Å². The second-order valence-corrected chi connectivity index (χ2v) is 8.20. The normalized spacial score (nSPS) is 15.6. The van der Waals surface area contributed by atoms with Crippen LogP contribution in [-0.2, 0) is 9.47 Å². The zero-order valence-corrected chi connectivity index (χ0v) is 19.1. The third-order valence-electron chi connectivity index (χ3n) is 5.61. The zero-order chi connectivity index (χ0) is 22.0. The van der Waals surface area contributed by atoms with Gasteiger partial charge in [0.15, 0.2) is 0 Å². The molecule has 0 heterocycles. The summed E-state index contributed by atoms with van der Waals surface area (Å²) in [5.41, 5.74) is 6.49. The summed E-state index contributed by atoms with van der Waals surface area (Å²) >= 11 is 0. The lowest BCUT2D eigenvalue weighted by molar-refractivity contribution is 0.0991. The monoisotopic (exact) mass is 428 g/mol. The molecule has 0 aromatic heterocycles. The number of carbonyl (C=O) groups excluding carboxylic acids is 2. The molecule has 8 nitrogen and oxygen atoms in total. The Labute approximate surface area is 182 Å². The first kappa shape index (κ1) is 26.5. The highest BCUT2D eigenvalue weighted by atomic mass is 16.6. The van der Waals surface area contributed by atoms with E-state index in [1.54, 1.807) is 0 Å². The summed E-state index contributed by atoms with van der Waals surface area (Å²) in [7, 11) is 0. The van der Waals surface area contributed by atoms with E-state index in [1.165, 1.54) is 32.1 Å². The lowest BCUT2D eigenvalue weighted by Gasteiger charge is -2.32. The molecule has 1 aliphatic rings. The Morgan fingerprint density at radius 2 is 1.43 bits per heavy atom. The van der Waals surface area contributed by atoms with Gasteiger partial charge in [0.2, 0.25) is 0 Å². The van der Waals surface area contributed by atoms with Gasteiger partial charge in [-0.3, -0.25) is 4.90 Å². The van der Waals surface area contributed by atoms with Crippen LogP contribution in [-0.4, -0.2) is 69.1 Å². The minimum absolute atomic E-state index is 0.0852. The van der Waals surface area contributed by atoms with Gasteiger partial charge in [-0.2, -0.15) is 0 Å². The van der Waals surface area contributed by atoms with Crippen LogP contribution in [0.4, 0.5) is 9.59 Å². The van der Waals surface area contributed by atoms with Crippen LogP contribution in [0, 0.1) is 5.92 Å². The average Bonchev–Trinajstić information content (AvgIpc) is 2.74. The molecule has 0 bridgehead atoms. The fourth-order valence-electron chi connectivity index (χ4n) is 3.68. The summed E-state index contributed by atoms with van der Waals surface area (Å²) < 4.78 is 10.6. The summed E-state index contributed by atoms with van der Waals surface area (Å²) in [6, 6.07) is 0.0852. The second-order valence-electron chi connectivity index (χ2n) is 8.20. The van der Waals surface area contributed by atoms with E-state index in [2.05, 4.69) is 29.4 Å². The smallest absolute Gasteiger partial charge is 0.407 e. The Balaban J connectivity index is 2.39. The Morgan fingerprint density at radius 1 is 0.933 bits per heavy atom. The van der Waals surface area contributed by atoms with Crippen molar-refractivity contribution in [3.05, 3.63) is 0 Å². The van der Waals surface area contributed by atoms with Gasteiger partial charge in [0.05, 0.1) is 0 Å². The van der Waals surface area contributed by atoms with Crippen molar-refractivity contribution in [3.63, 3.8) is 0 Å². The molecule has 0 aromatic carbocycles. The predicted molar refractivity (Wildman–Crippen MR) is 120 cm³/mol. The van der Waals surface area contributed by atoms with Crippen LogP contribution in [0.15, 0.2) is 0 Å². The molecule has 0 spiro atoms. The number of unbranched alkanes of at least 4 members (excludes halogenated alkanes) is 2. The summed E-state index contributed by atoms with van der Waals surface area (Å²) in [6.07, 6.45) is 9.33. The maximum atomic E-state index is 11.7. The van der Waals surface area contributed by atoms with E-state index >= 15 is 0 Å². The minimum Gasteiger partial charge on any atom is -0.448 e. The Bertz CT molecular complexity index is 430. The molecule has 176 valence electrons. The van der Waals surface area contributed by atoms with Crippen molar-refractivity contribution in [2.75, 3.05) is 45.9 Å². The molecule has 2 amide bonds. The molecule has 30 heavy (non-hydrogen) atoms. The number of nitrogens with one attached hydrogen (secondary N) is 2. The van der Waals surface area contributed by atoms with Gasteiger partial charge in [0.1, 0.15) is 13.2 Å². The first-order valence-electron chi connectivity index (χ1n) is 11.9. The van der Waals surface area contributed by atoms with Crippen LogP contribution in [0.2, 0.25) is 0 Å². The number of amides is 2. The van der Waals surface area contributed by atoms with E-state index < -0.39 is 0 Å². The Kier molecular flexibility index (Phi) is 15.2. The molecule has 1 atom stereocenters. The van der Waals surface area contributed by atoms with Crippen molar-refractivity contribution in [3.8, 4) is 0 Å². The van der Waals surface area contributed by atoms with Crippen molar-refractivity contribution in [2.45, 2.75) is 77.7 Å². The molecular weight excluding hydrogens is 384 g/mol. The zero-order valence-electron chi connectivity index (χ0n) is 19.1. The minimum atomic E-state index is -0.383. The topological polar surface area (TPSA) is 106 Å². The van der Waals surface area contributed by atoms with Crippen LogP contribution in [0.25, 0.3) is 0 Å². The van der Waals surface area contributed by atoms with Crippen LogP contribution < -0.4 is 16.4 Å².